The Morgan fingerprint density at radius 1 is 1.23 bits per heavy atom. The number of imidazole rings is 1. The molecule has 0 aliphatic carbocycles. The predicted octanol–water partition coefficient (Wildman–Crippen LogP) is 5.91. The van der Waals surface area contributed by atoms with E-state index in [9.17, 15) is 4.79 Å². The Kier molecular flexibility index (Phi) is 6.41. The monoisotopic (exact) mass is 456 g/mol. The molecule has 0 radical (unpaired) electrons. The standard InChI is InChI=1S/C22H21ClN4OS2/c1-15-18(23)8-9-19-20(15)25-22(30-19)27(12-3-11-26-13-10-24-14-26)21(28)16-4-6-17(29-2)7-5-16/h4-10,13-14H,3,11-12H2,1-2H3. The lowest BCUT2D eigenvalue weighted by Gasteiger charge is -2.20. The molecule has 4 aromatic rings. The van der Waals surface area contributed by atoms with Gasteiger partial charge in [0.2, 0.25) is 0 Å². The zero-order valence-corrected chi connectivity index (χ0v) is 19.1. The molecule has 0 saturated carbocycles. The lowest BCUT2D eigenvalue weighted by atomic mass is 10.2. The van der Waals surface area contributed by atoms with E-state index in [2.05, 4.69) is 4.98 Å². The van der Waals surface area contributed by atoms with Gasteiger partial charge in [-0.2, -0.15) is 0 Å². The van der Waals surface area contributed by atoms with Crippen molar-refractivity contribution in [3.8, 4) is 0 Å². The first-order chi connectivity index (χ1) is 14.6. The second-order valence-electron chi connectivity index (χ2n) is 6.85. The third-order valence-corrected chi connectivity index (χ3v) is 7.10. The predicted molar refractivity (Wildman–Crippen MR) is 126 cm³/mol. The Morgan fingerprint density at radius 3 is 2.73 bits per heavy atom. The van der Waals surface area contributed by atoms with Crippen LogP contribution < -0.4 is 4.90 Å². The van der Waals surface area contributed by atoms with E-state index in [1.54, 1.807) is 29.2 Å². The molecule has 4 rings (SSSR count). The van der Waals surface area contributed by atoms with Gasteiger partial charge in [0.15, 0.2) is 5.13 Å². The molecule has 0 aliphatic rings. The number of amides is 1. The van der Waals surface area contributed by atoms with Crippen LogP contribution >= 0.6 is 34.7 Å². The van der Waals surface area contributed by atoms with Gasteiger partial charge in [0.1, 0.15) is 0 Å². The molecule has 0 aliphatic heterocycles. The highest BCUT2D eigenvalue weighted by atomic mass is 35.5. The fraction of sp³-hybridized carbons (Fsp3) is 0.227. The van der Waals surface area contributed by atoms with Crippen LogP contribution in [0.1, 0.15) is 22.3 Å². The third-order valence-electron chi connectivity index (χ3n) is 4.91. The molecule has 5 nitrogen and oxygen atoms in total. The van der Waals surface area contributed by atoms with Gasteiger partial charge in [-0.1, -0.05) is 22.9 Å². The molecule has 0 spiro atoms. The van der Waals surface area contributed by atoms with Crippen LogP contribution in [0.5, 0.6) is 0 Å². The molecule has 154 valence electrons. The maximum atomic E-state index is 13.4. The highest BCUT2D eigenvalue weighted by Gasteiger charge is 2.22. The average Bonchev–Trinajstić information content (AvgIpc) is 3.44. The van der Waals surface area contributed by atoms with E-state index in [-0.39, 0.29) is 5.91 Å². The van der Waals surface area contributed by atoms with E-state index >= 15 is 0 Å². The molecule has 2 heterocycles. The number of hydrogen-bond acceptors (Lipinski definition) is 5. The lowest BCUT2D eigenvalue weighted by Crippen LogP contribution is -2.32. The van der Waals surface area contributed by atoms with Gasteiger partial charge in [0, 0.05) is 41.0 Å². The number of fused-ring (bicyclic) bond motifs is 1. The summed E-state index contributed by atoms with van der Waals surface area (Å²) in [5, 5.41) is 1.38. The zero-order chi connectivity index (χ0) is 21.1. The highest BCUT2D eigenvalue weighted by molar-refractivity contribution is 7.98. The summed E-state index contributed by atoms with van der Waals surface area (Å²) >= 11 is 9.45. The van der Waals surface area contributed by atoms with Gasteiger partial charge < -0.3 is 4.57 Å². The fourth-order valence-electron chi connectivity index (χ4n) is 3.21. The number of rotatable bonds is 7. The molecule has 0 bridgehead atoms. The van der Waals surface area contributed by atoms with Gasteiger partial charge in [-0.25, -0.2) is 9.97 Å². The molecule has 0 saturated heterocycles. The van der Waals surface area contributed by atoms with Crippen molar-refractivity contribution in [2.75, 3.05) is 17.7 Å². The second kappa shape index (κ2) is 9.20. The molecular weight excluding hydrogens is 436 g/mol. The van der Waals surface area contributed by atoms with Gasteiger partial charge in [-0.05, 0) is 61.6 Å². The van der Waals surface area contributed by atoms with Crippen molar-refractivity contribution in [2.24, 2.45) is 0 Å². The van der Waals surface area contributed by atoms with Gasteiger partial charge in [-0.3, -0.25) is 9.69 Å². The van der Waals surface area contributed by atoms with Gasteiger partial charge >= 0.3 is 0 Å². The number of anilines is 1. The van der Waals surface area contributed by atoms with Gasteiger partial charge in [0.25, 0.3) is 5.91 Å². The molecule has 0 N–H and O–H groups in total. The number of aryl methyl sites for hydroxylation is 2. The van der Waals surface area contributed by atoms with Crippen LogP contribution in [0.15, 0.2) is 60.0 Å². The fourth-order valence-corrected chi connectivity index (χ4v) is 4.82. The number of carbonyl (C=O) groups excluding carboxylic acids is 1. The zero-order valence-electron chi connectivity index (χ0n) is 16.7. The highest BCUT2D eigenvalue weighted by Crippen LogP contribution is 2.34. The number of carbonyl (C=O) groups is 1. The van der Waals surface area contributed by atoms with Crippen LogP contribution in [0.2, 0.25) is 5.02 Å². The van der Waals surface area contributed by atoms with Crippen molar-refractivity contribution in [3.63, 3.8) is 0 Å². The van der Waals surface area contributed by atoms with Crippen LogP contribution in [-0.2, 0) is 6.54 Å². The minimum Gasteiger partial charge on any atom is -0.337 e. The molecule has 1 amide bonds. The number of thiazole rings is 1. The summed E-state index contributed by atoms with van der Waals surface area (Å²) in [5.41, 5.74) is 2.45. The first-order valence-electron chi connectivity index (χ1n) is 9.54. The van der Waals surface area contributed by atoms with Crippen molar-refractivity contribution in [2.45, 2.75) is 24.8 Å². The lowest BCUT2D eigenvalue weighted by molar-refractivity contribution is 0.0986. The summed E-state index contributed by atoms with van der Waals surface area (Å²) < 4.78 is 3.04. The Morgan fingerprint density at radius 2 is 2.03 bits per heavy atom. The van der Waals surface area contributed by atoms with Crippen molar-refractivity contribution >= 4 is 56.0 Å². The number of thioether (sulfide) groups is 1. The normalized spacial score (nSPS) is 11.2. The largest absolute Gasteiger partial charge is 0.337 e. The Bertz CT molecular complexity index is 1160. The van der Waals surface area contributed by atoms with E-state index < -0.39 is 0 Å². The number of benzene rings is 2. The van der Waals surface area contributed by atoms with E-state index in [4.69, 9.17) is 16.6 Å². The smallest absolute Gasteiger partial charge is 0.260 e. The summed E-state index contributed by atoms with van der Waals surface area (Å²) in [6.45, 7) is 3.30. The summed E-state index contributed by atoms with van der Waals surface area (Å²) in [4.78, 5) is 25.2. The first kappa shape index (κ1) is 20.9. The number of hydrogen-bond donors (Lipinski definition) is 0. The maximum Gasteiger partial charge on any atom is 0.260 e. The molecule has 2 aromatic carbocycles. The van der Waals surface area contributed by atoms with E-state index in [0.29, 0.717) is 22.3 Å². The Labute approximate surface area is 188 Å². The Hall–Kier alpha value is -2.35. The van der Waals surface area contributed by atoms with Crippen molar-refractivity contribution in [1.82, 2.24) is 14.5 Å². The molecule has 0 unspecified atom stereocenters. The number of aromatic nitrogens is 3. The first-order valence-corrected chi connectivity index (χ1v) is 12.0. The molecule has 30 heavy (non-hydrogen) atoms. The number of halogens is 1. The van der Waals surface area contributed by atoms with E-state index in [1.165, 1.54) is 11.3 Å². The van der Waals surface area contributed by atoms with Crippen molar-refractivity contribution in [1.29, 1.82) is 0 Å². The minimum atomic E-state index is -0.0453. The third kappa shape index (κ3) is 4.38. The summed E-state index contributed by atoms with van der Waals surface area (Å²) in [5.74, 6) is -0.0453. The Balaban J connectivity index is 1.65. The number of nitrogens with zero attached hydrogens (tertiary/aromatic N) is 4. The SMILES string of the molecule is CSc1ccc(C(=O)N(CCCn2ccnc2)c2nc3c(C)c(Cl)ccc3s2)cc1. The maximum absolute atomic E-state index is 13.4. The van der Waals surface area contributed by atoms with Crippen molar-refractivity contribution in [3.05, 3.63) is 71.3 Å². The second-order valence-corrected chi connectivity index (χ2v) is 9.15. The van der Waals surface area contributed by atoms with Gasteiger partial charge in [0.05, 0.1) is 16.5 Å². The van der Waals surface area contributed by atoms with Crippen LogP contribution in [-0.4, -0.2) is 33.2 Å². The van der Waals surface area contributed by atoms with Crippen LogP contribution in [0, 0.1) is 6.92 Å². The quantitative estimate of drug-likeness (QED) is 0.324. The van der Waals surface area contributed by atoms with Crippen molar-refractivity contribution < 1.29 is 4.79 Å². The average molecular weight is 457 g/mol. The minimum absolute atomic E-state index is 0.0453. The van der Waals surface area contributed by atoms with Gasteiger partial charge in [-0.15, -0.1) is 11.8 Å². The molecule has 0 atom stereocenters. The summed E-state index contributed by atoms with van der Waals surface area (Å²) in [7, 11) is 0. The molecule has 0 fully saturated rings. The molecular formula is C22H21ClN4OS2. The van der Waals surface area contributed by atoms with Crippen LogP contribution in [0.25, 0.3) is 10.2 Å². The van der Waals surface area contributed by atoms with Crippen LogP contribution in [0.3, 0.4) is 0 Å². The van der Waals surface area contributed by atoms with E-state index in [0.717, 1.165) is 33.6 Å². The molecule has 8 heteroatoms. The summed E-state index contributed by atoms with van der Waals surface area (Å²) in [6.07, 6.45) is 8.29. The van der Waals surface area contributed by atoms with E-state index in [1.807, 2.05) is 60.3 Å². The summed E-state index contributed by atoms with van der Waals surface area (Å²) in [6, 6.07) is 11.6. The topological polar surface area (TPSA) is 51.0 Å². The molecule has 2 aromatic heterocycles. The van der Waals surface area contributed by atoms with Crippen LogP contribution in [0.4, 0.5) is 5.13 Å².